The number of carbonyl (C=O) groups is 2. The summed E-state index contributed by atoms with van der Waals surface area (Å²) in [4.78, 5) is 24.0. The van der Waals surface area contributed by atoms with E-state index in [1.807, 2.05) is 6.08 Å². The molecule has 0 bridgehead atoms. The first kappa shape index (κ1) is 39.8. The van der Waals surface area contributed by atoms with E-state index in [9.17, 15) is 19.8 Å². The van der Waals surface area contributed by atoms with Gasteiger partial charge in [0.25, 0.3) is 0 Å². The minimum absolute atomic E-state index is 0.106. The Hall–Kier alpha value is -2.18. The monoisotopic (exact) mass is 590 g/mol. The van der Waals surface area contributed by atoms with E-state index in [0.29, 0.717) is 19.3 Å². The first-order valence-electron chi connectivity index (χ1n) is 16.6. The molecule has 1 unspecified atom stereocenters. The molecule has 6 nitrogen and oxygen atoms in total. The van der Waals surface area contributed by atoms with Gasteiger partial charge in [0.2, 0.25) is 0 Å². The molecule has 42 heavy (non-hydrogen) atoms. The van der Waals surface area contributed by atoms with Gasteiger partial charge < -0.3 is 19.7 Å². The maximum Gasteiger partial charge on any atom is 0.306 e. The number of aliphatic hydroxyl groups is 2. The summed E-state index contributed by atoms with van der Waals surface area (Å²) in [5.41, 5.74) is 0. The molecule has 0 aliphatic rings. The standard InChI is InChI=1S/C36H62O6/c1-4-25-33(38)27-22-18-14-10-8-6-5-7-9-11-15-19-23-28-35(39)41-31-34(30-37)42-36(40)29-24-20-16-12-13-17-21-26-32(2)3/h5,7-8,10-11,15,18,22,32-34,37-38H,4,6,9,12-14,16-17,19-21,23-31H2,1-3H3/b7-5-,10-8-,15-11-,22-18-/t33?,34-/m0/s1. The Morgan fingerprint density at radius 1 is 0.690 bits per heavy atom. The quantitative estimate of drug-likeness (QED) is 0.0538. The van der Waals surface area contributed by atoms with Gasteiger partial charge in [-0.05, 0) is 57.3 Å². The zero-order chi connectivity index (χ0) is 31.1. The molecule has 0 rings (SSSR count). The van der Waals surface area contributed by atoms with Crippen molar-refractivity contribution in [3.63, 3.8) is 0 Å². The molecule has 2 atom stereocenters. The van der Waals surface area contributed by atoms with Gasteiger partial charge in [-0.15, -0.1) is 0 Å². The summed E-state index contributed by atoms with van der Waals surface area (Å²) in [5.74, 6) is 0.0955. The summed E-state index contributed by atoms with van der Waals surface area (Å²) >= 11 is 0. The molecule has 0 fully saturated rings. The number of rotatable bonds is 28. The minimum atomic E-state index is -0.801. The van der Waals surface area contributed by atoms with Gasteiger partial charge in [-0.2, -0.15) is 0 Å². The van der Waals surface area contributed by atoms with Gasteiger partial charge in [-0.25, -0.2) is 0 Å². The third-order valence-electron chi connectivity index (χ3n) is 6.86. The Kier molecular flexibility index (Phi) is 28.7. The highest BCUT2D eigenvalue weighted by molar-refractivity contribution is 5.70. The van der Waals surface area contributed by atoms with Gasteiger partial charge in [-0.3, -0.25) is 9.59 Å². The number of ether oxygens (including phenoxy) is 2. The van der Waals surface area contributed by atoms with E-state index >= 15 is 0 Å². The second-order valence-electron chi connectivity index (χ2n) is 11.5. The third-order valence-corrected chi connectivity index (χ3v) is 6.86. The largest absolute Gasteiger partial charge is 0.462 e. The average molecular weight is 591 g/mol. The van der Waals surface area contributed by atoms with Crippen LogP contribution in [0.25, 0.3) is 0 Å². The van der Waals surface area contributed by atoms with Crippen LogP contribution in [0.2, 0.25) is 0 Å². The Morgan fingerprint density at radius 2 is 1.24 bits per heavy atom. The van der Waals surface area contributed by atoms with E-state index < -0.39 is 6.10 Å². The van der Waals surface area contributed by atoms with Gasteiger partial charge in [0.15, 0.2) is 6.10 Å². The number of carbonyl (C=O) groups excluding carboxylic acids is 2. The van der Waals surface area contributed by atoms with Crippen molar-refractivity contribution in [2.24, 2.45) is 5.92 Å². The van der Waals surface area contributed by atoms with Gasteiger partial charge in [0, 0.05) is 12.8 Å². The molecular formula is C36H62O6. The molecule has 0 amide bonds. The first-order chi connectivity index (χ1) is 20.4. The second kappa shape index (κ2) is 30.3. The number of allylic oxidation sites excluding steroid dienone is 7. The predicted octanol–water partition coefficient (Wildman–Crippen LogP) is 8.72. The number of hydrogen-bond acceptors (Lipinski definition) is 6. The van der Waals surface area contributed by atoms with Crippen molar-refractivity contribution < 1.29 is 29.3 Å². The van der Waals surface area contributed by atoms with Crippen molar-refractivity contribution in [1.29, 1.82) is 0 Å². The second-order valence-corrected chi connectivity index (χ2v) is 11.5. The van der Waals surface area contributed by atoms with Gasteiger partial charge in [-0.1, -0.05) is 121 Å². The SMILES string of the molecule is CCCC(O)C/C=C\C/C=C\C/C=C\C/C=C\CCCC(=O)OC[C@H](CO)OC(=O)CCCCCCCCCC(C)C. The molecule has 0 spiro atoms. The first-order valence-corrected chi connectivity index (χ1v) is 16.6. The molecule has 242 valence electrons. The number of hydrogen-bond donors (Lipinski definition) is 2. The molecule has 0 heterocycles. The molecule has 0 aliphatic heterocycles. The van der Waals surface area contributed by atoms with Crippen LogP contribution in [0.3, 0.4) is 0 Å². The van der Waals surface area contributed by atoms with E-state index in [1.165, 1.54) is 32.1 Å². The highest BCUT2D eigenvalue weighted by atomic mass is 16.6. The molecule has 0 aliphatic carbocycles. The maximum absolute atomic E-state index is 12.1. The summed E-state index contributed by atoms with van der Waals surface area (Å²) in [5, 5.41) is 19.1. The lowest BCUT2D eigenvalue weighted by Gasteiger charge is -2.15. The van der Waals surface area contributed by atoms with Crippen LogP contribution in [0.5, 0.6) is 0 Å². The van der Waals surface area contributed by atoms with Crippen LogP contribution in [-0.4, -0.2) is 47.6 Å². The van der Waals surface area contributed by atoms with Crippen LogP contribution >= 0.6 is 0 Å². The van der Waals surface area contributed by atoms with Gasteiger partial charge in [0.1, 0.15) is 6.61 Å². The van der Waals surface area contributed by atoms with Gasteiger partial charge >= 0.3 is 11.9 Å². The van der Waals surface area contributed by atoms with Crippen LogP contribution in [0.1, 0.15) is 136 Å². The van der Waals surface area contributed by atoms with E-state index in [0.717, 1.165) is 70.1 Å². The van der Waals surface area contributed by atoms with Crippen molar-refractivity contribution in [3.05, 3.63) is 48.6 Å². The Labute approximate surface area is 257 Å². The topological polar surface area (TPSA) is 93.1 Å². The Balaban J connectivity index is 3.75. The van der Waals surface area contributed by atoms with Crippen LogP contribution in [0.4, 0.5) is 0 Å². The Bertz CT molecular complexity index is 752. The molecular weight excluding hydrogens is 528 g/mol. The lowest BCUT2D eigenvalue weighted by Crippen LogP contribution is -2.28. The van der Waals surface area contributed by atoms with Crippen LogP contribution in [0.15, 0.2) is 48.6 Å². The van der Waals surface area contributed by atoms with E-state index in [1.54, 1.807) is 0 Å². The number of unbranched alkanes of at least 4 members (excludes halogenated alkanes) is 7. The third kappa shape index (κ3) is 29.3. The van der Waals surface area contributed by atoms with Crippen LogP contribution in [-0.2, 0) is 19.1 Å². The lowest BCUT2D eigenvalue weighted by molar-refractivity contribution is -0.161. The molecule has 0 radical (unpaired) electrons. The fourth-order valence-corrected chi connectivity index (χ4v) is 4.33. The highest BCUT2D eigenvalue weighted by Crippen LogP contribution is 2.13. The van der Waals surface area contributed by atoms with Crippen molar-refractivity contribution in [3.8, 4) is 0 Å². The van der Waals surface area contributed by atoms with E-state index in [-0.39, 0.29) is 31.3 Å². The zero-order valence-corrected chi connectivity index (χ0v) is 27.0. The zero-order valence-electron chi connectivity index (χ0n) is 27.0. The summed E-state index contributed by atoms with van der Waals surface area (Å²) in [6.45, 7) is 6.14. The highest BCUT2D eigenvalue weighted by Gasteiger charge is 2.16. The molecule has 2 N–H and O–H groups in total. The molecule has 0 saturated carbocycles. The van der Waals surface area contributed by atoms with Crippen molar-refractivity contribution in [1.82, 2.24) is 0 Å². The van der Waals surface area contributed by atoms with Crippen molar-refractivity contribution in [2.75, 3.05) is 13.2 Å². The maximum atomic E-state index is 12.1. The fraction of sp³-hybridized carbons (Fsp3) is 0.722. The van der Waals surface area contributed by atoms with Crippen molar-refractivity contribution >= 4 is 11.9 Å². The van der Waals surface area contributed by atoms with Crippen LogP contribution in [0, 0.1) is 5.92 Å². The normalized spacial score (nSPS) is 13.7. The molecule has 0 aromatic rings. The van der Waals surface area contributed by atoms with E-state index in [2.05, 4.69) is 63.3 Å². The fourth-order valence-electron chi connectivity index (χ4n) is 4.33. The number of esters is 2. The van der Waals surface area contributed by atoms with Crippen molar-refractivity contribution in [2.45, 2.75) is 149 Å². The molecule has 6 heteroatoms. The van der Waals surface area contributed by atoms with Gasteiger partial charge in [0.05, 0.1) is 12.7 Å². The van der Waals surface area contributed by atoms with Crippen LogP contribution < -0.4 is 0 Å². The summed E-state index contributed by atoms with van der Waals surface area (Å²) in [6.07, 6.45) is 32.4. The predicted molar refractivity (Wildman–Crippen MR) is 174 cm³/mol. The summed E-state index contributed by atoms with van der Waals surface area (Å²) < 4.78 is 10.5. The Morgan fingerprint density at radius 3 is 1.83 bits per heavy atom. The number of aliphatic hydroxyl groups excluding tert-OH is 2. The summed E-state index contributed by atoms with van der Waals surface area (Å²) in [6, 6.07) is 0. The molecule has 0 aromatic carbocycles. The molecule has 0 aromatic heterocycles. The average Bonchev–Trinajstić information content (AvgIpc) is 2.96. The summed E-state index contributed by atoms with van der Waals surface area (Å²) in [7, 11) is 0. The smallest absolute Gasteiger partial charge is 0.306 e. The lowest BCUT2D eigenvalue weighted by atomic mass is 10.0. The molecule has 0 saturated heterocycles. The van der Waals surface area contributed by atoms with E-state index in [4.69, 9.17) is 9.47 Å². The minimum Gasteiger partial charge on any atom is -0.462 e.